The monoisotopic (exact) mass is 490 g/mol. The van der Waals surface area contributed by atoms with Crippen molar-refractivity contribution in [3.8, 4) is 22.4 Å². The molecule has 2 nitrogen and oxygen atoms in total. The molecule has 2 saturated carbocycles. The predicted molar refractivity (Wildman–Crippen MR) is 148 cm³/mol. The molecule has 2 heterocycles. The van der Waals surface area contributed by atoms with E-state index in [9.17, 15) is 0 Å². The van der Waals surface area contributed by atoms with Gasteiger partial charge in [0.15, 0.2) is 6.20 Å². The highest BCUT2D eigenvalue weighted by atomic mass is 19.1. The molecule has 2 aliphatic rings. The molecule has 3 atom stereocenters. The summed E-state index contributed by atoms with van der Waals surface area (Å²) in [5, 5.41) is 1.97. The van der Waals surface area contributed by atoms with Crippen molar-refractivity contribution >= 4 is 21.9 Å². The van der Waals surface area contributed by atoms with Crippen LogP contribution in [0.25, 0.3) is 44.3 Å². The molecule has 0 amide bonds. The van der Waals surface area contributed by atoms with Crippen molar-refractivity contribution in [3.63, 3.8) is 0 Å². The van der Waals surface area contributed by atoms with E-state index in [1.54, 1.807) is 6.07 Å². The summed E-state index contributed by atoms with van der Waals surface area (Å²) in [5.41, 5.74) is 7.57. The largest absolute Gasteiger partial charge is 0.454 e. The molecular weight excluding hydrogens is 457 g/mol. The number of furan rings is 1. The standard InChI is InChI=1S/C34H33FNO/c1-21-10-16-27-28-18-19-29(35)32(34(28)37-33(27)31(21)30-9-5-6-20-36(30)2)24-13-11-23(12-14-24)26-17-15-22-7-3-4-8-25(22)26/h5-6,9-14,16,18-20,22,25-26H,3-4,7-8,15,17H2,1-2H3/q+1. The molecule has 37 heavy (non-hydrogen) atoms. The first-order chi connectivity index (χ1) is 18.1. The molecule has 0 saturated heterocycles. The molecule has 2 fully saturated rings. The van der Waals surface area contributed by atoms with Crippen molar-refractivity contribution in [3.05, 3.63) is 89.9 Å². The number of hydrogen-bond acceptors (Lipinski definition) is 1. The quantitative estimate of drug-likeness (QED) is 0.231. The molecule has 2 aliphatic carbocycles. The van der Waals surface area contributed by atoms with Crippen LogP contribution in [0.1, 0.15) is 55.6 Å². The number of hydrogen-bond donors (Lipinski definition) is 0. The molecule has 2 aromatic heterocycles. The normalized spacial score (nSPS) is 21.5. The minimum atomic E-state index is -0.240. The Hall–Kier alpha value is -3.46. The molecular formula is C34H33FNO+. The second kappa shape index (κ2) is 8.83. The third-order valence-electron chi connectivity index (χ3n) is 9.24. The molecule has 3 aromatic carbocycles. The van der Waals surface area contributed by atoms with Crippen molar-refractivity contribution in [1.29, 1.82) is 0 Å². The van der Waals surface area contributed by atoms with Crippen LogP contribution in [0.2, 0.25) is 0 Å². The fourth-order valence-electron chi connectivity index (χ4n) is 7.39. The van der Waals surface area contributed by atoms with Gasteiger partial charge in [0.1, 0.15) is 24.0 Å². The van der Waals surface area contributed by atoms with Gasteiger partial charge in [0.2, 0.25) is 5.69 Å². The van der Waals surface area contributed by atoms with Gasteiger partial charge in [0.25, 0.3) is 0 Å². The summed E-state index contributed by atoms with van der Waals surface area (Å²) < 4.78 is 24.2. The minimum absolute atomic E-state index is 0.240. The fraction of sp³-hybridized carbons (Fsp3) is 0.324. The molecule has 5 aromatic rings. The zero-order valence-corrected chi connectivity index (χ0v) is 21.6. The van der Waals surface area contributed by atoms with Gasteiger partial charge >= 0.3 is 0 Å². The molecule has 0 bridgehead atoms. The molecule has 3 heteroatoms. The van der Waals surface area contributed by atoms with Gasteiger partial charge in [0.05, 0.1) is 11.1 Å². The number of fused-ring (bicyclic) bond motifs is 4. The van der Waals surface area contributed by atoms with Gasteiger partial charge in [-0.3, -0.25) is 0 Å². The first-order valence-electron chi connectivity index (χ1n) is 13.8. The van der Waals surface area contributed by atoms with Crippen LogP contribution in [0, 0.1) is 24.6 Å². The Kier molecular flexibility index (Phi) is 5.42. The van der Waals surface area contributed by atoms with E-state index in [2.05, 4.69) is 54.0 Å². The van der Waals surface area contributed by atoms with Gasteiger partial charge in [-0.2, -0.15) is 0 Å². The van der Waals surface area contributed by atoms with Crippen LogP contribution in [0.15, 0.2) is 77.3 Å². The van der Waals surface area contributed by atoms with Crippen LogP contribution in [0.4, 0.5) is 4.39 Å². The Balaban J connectivity index is 1.35. The maximum atomic E-state index is 15.5. The Labute approximate surface area is 217 Å². The first kappa shape index (κ1) is 22.7. The number of benzene rings is 3. The summed E-state index contributed by atoms with van der Waals surface area (Å²) in [4.78, 5) is 0. The summed E-state index contributed by atoms with van der Waals surface area (Å²) in [6.07, 6.45) is 10.2. The second-order valence-corrected chi connectivity index (χ2v) is 11.2. The van der Waals surface area contributed by atoms with E-state index >= 15 is 4.39 Å². The van der Waals surface area contributed by atoms with Crippen molar-refractivity contribution in [2.75, 3.05) is 0 Å². The van der Waals surface area contributed by atoms with Crippen LogP contribution in [-0.2, 0) is 7.05 Å². The lowest BCUT2D eigenvalue weighted by Gasteiger charge is -2.29. The lowest BCUT2D eigenvalue weighted by molar-refractivity contribution is -0.660. The van der Waals surface area contributed by atoms with Gasteiger partial charge in [-0.25, -0.2) is 8.96 Å². The number of rotatable bonds is 3. The topological polar surface area (TPSA) is 17.0 Å². The number of aromatic nitrogens is 1. The van der Waals surface area contributed by atoms with Crippen LogP contribution >= 0.6 is 0 Å². The van der Waals surface area contributed by atoms with Crippen LogP contribution in [0.3, 0.4) is 0 Å². The first-order valence-corrected chi connectivity index (χ1v) is 13.8. The molecule has 7 rings (SSSR count). The summed E-state index contributed by atoms with van der Waals surface area (Å²) in [6.45, 7) is 2.11. The summed E-state index contributed by atoms with van der Waals surface area (Å²) in [6, 6.07) is 22.6. The smallest absolute Gasteiger partial charge is 0.216 e. The van der Waals surface area contributed by atoms with E-state index < -0.39 is 0 Å². The summed E-state index contributed by atoms with van der Waals surface area (Å²) >= 11 is 0. The van der Waals surface area contributed by atoms with Crippen molar-refractivity contribution in [2.24, 2.45) is 18.9 Å². The fourth-order valence-corrected chi connectivity index (χ4v) is 7.39. The maximum absolute atomic E-state index is 15.5. The molecule has 0 radical (unpaired) electrons. The van der Waals surface area contributed by atoms with Gasteiger partial charge in [-0.1, -0.05) is 55.7 Å². The molecule has 0 aliphatic heterocycles. The number of halogens is 1. The van der Waals surface area contributed by atoms with E-state index in [1.807, 2.05) is 31.4 Å². The lowest BCUT2D eigenvalue weighted by atomic mass is 9.76. The lowest BCUT2D eigenvalue weighted by Crippen LogP contribution is -2.30. The number of nitrogens with zero attached hydrogens (tertiary/aromatic N) is 1. The van der Waals surface area contributed by atoms with Crippen molar-refractivity contribution < 1.29 is 13.4 Å². The van der Waals surface area contributed by atoms with Gasteiger partial charge in [-0.15, -0.1) is 0 Å². The Morgan fingerprint density at radius 2 is 1.54 bits per heavy atom. The second-order valence-electron chi connectivity index (χ2n) is 11.2. The highest BCUT2D eigenvalue weighted by molar-refractivity contribution is 6.13. The SMILES string of the molecule is Cc1ccc2c(oc3c(-c4ccc(C5CCC6CCCCC65)cc4)c(F)ccc32)c1-c1cccc[n+]1C. The van der Waals surface area contributed by atoms with Crippen LogP contribution < -0.4 is 4.57 Å². The zero-order valence-electron chi connectivity index (χ0n) is 21.6. The molecule has 186 valence electrons. The Morgan fingerprint density at radius 3 is 2.35 bits per heavy atom. The van der Waals surface area contributed by atoms with E-state index in [4.69, 9.17) is 4.42 Å². The average Bonchev–Trinajstić information content (AvgIpc) is 3.51. The van der Waals surface area contributed by atoms with Gasteiger partial charge < -0.3 is 4.42 Å². The van der Waals surface area contributed by atoms with Crippen LogP contribution in [-0.4, -0.2) is 0 Å². The highest BCUT2D eigenvalue weighted by Gasteiger charge is 2.38. The van der Waals surface area contributed by atoms with Crippen LogP contribution in [0.5, 0.6) is 0 Å². The minimum Gasteiger partial charge on any atom is -0.454 e. The molecule has 0 spiro atoms. The number of pyridine rings is 1. The summed E-state index contributed by atoms with van der Waals surface area (Å²) in [5.74, 6) is 2.15. The van der Waals surface area contributed by atoms with Gasteiger partial charge in [0, 0.05) is 22.9 Å². The average molecular weight is 491 g/mol. The van der Waals surface area contributed by atoms with Crippen molar-refractivity contribution in [1.82, 2.24) is 0 Å². The molecule has 0 N–H and O–H groups in total. The maximum Gasteiger partial charge on any atom is 0.216 e. The van der Waals surface area contributed by atoms with Gasteiger partial charge in [-0.05, 0) is 78.8 Å². The van der Waals surface area contributed by atoms with E-state index in [0.29, 0.717) is 17.1 Å². The highest BCUT2D eigenvalue weighted by Crippen LogP contribution is 2.50. The third-order valence-corrected chi connectivity index (χ3v) is 9.24. The predicted octanol–water partition coefficient (Wildman–Crippen LogP) is 8.88. The van der Waals surface area contributed by atoms with E-state index in [1.165, 1.54) is 44.1 Å². The van der Waals surface area contributed by atoms with E-state index in [-0.39, 0.29) is 5.82 Å². The third kappa shape index (κ3) is 3.62. The van der Waals surface area contributed by atoms with Crippen molar-refractivity contribution in [2.45, 2.75) is 51.4 Å². The molecule has 3 unspecified atom stereocenters. The Morgan fingerprint density at radius 1 is 0.784 bits per heavy atom. The Bertz CT molecular complexity index is 1630. The zero-order chi connectivity index (χ0) is 25.1. The van der Waals surface area contributed by atoms with E-state index in [0.717, 1.165) is 50.6 Å². The number of aryl methyl sites for hydroxylation is 2. The summed E-state index contributed by atoms with van der Waals surface area (Å²) in [7, 11) is 2.04.